The lowest BCUT2D eigenvalue weighted by Gasteiger charge is -2.39. The van der Waals surface area contributed by atoms with Crippen LogP contribution in [-0.4, -0.2) is 49.5 Å². The number of hydrogen-bond acceptors (Lipinski definition) is 4. The van der Waals surface area contributed by atoms with Crippen molar-refractivity contribution in [2.45, 2.75) is 12.5 Å². The number of alkyl halides is 1. The molecule has 2 aliphatic rings. The number of rotatable bonds is 7. The molecule has 1 N–H and O–H groups in total. The Morgan fingerprint density at radius 2 is 1.75 bits per heavy atom. The van der Waals surface area contributed by atoms with Crippen LogP contribution >= 0.6 is 0 Å². The molecule has 2 aliphatic heterocycles. The predicted molar refractivity (Wildman–Crippen MR) is 125 cm³/mol. The Kier molecular flexibility index (Phi) is 5.99. The highest BCUT2D eigenvalue weighted by Gasteiger charge is 2.29. The second-order valence-electron chi connectivity index (χ2n) is 8.76. The highest BCUT2D eigenvalue weighted by atomic mass is 19.1. The van der Waals surface area contributed by atoms with E-state index >= 15 is 0 Å². The standard InChI is InChI=1S/C27H29FN2O2/c28-17-20-18-29(19-20)14-15-32-25-9-6-21(7-10-25)27-26-11-8-24(31)16-22(26)12-13-30(27)23-4-2-1-3-5-23/h1-11,16,20,27,31H,12-15,17-19H2. The van der Waals surface area contributed by atoms with Crippen LogP contribution in [0.3, 0.4) is 0 Å². The molecule has 32 heavy (non-hydrogen) atoms. The van der Waals surface area contributed by atoms with Gasteiger partial charge in [0.1, 0.15) is 18.1 Å². The van der Waals surface area contributed by atoms with E-state index in [1.54, 1.807) is 6.07 Å². The van der Waals surface area contributed by atoms with Crippen molar-refractivity contribution < 1.29 is 14.2 Å². The first kappa shape index (κ1) is 20.8. The molecule has 0 spiro atoms. The summed E-state index contributed by atoms with van der Waals surface area (Å²) in [5.41, 5.74) is 4.81. The number of halogens is 1. The molecule has 3 aromatic carbocycles. The van der Waals surface area contributed by atoms with Gasteiger partial charge in [-0.15, -0.1) is 0 Å². The topological polar surface area (TPSA) is 35.9 Å². The van der Waals surface area contributed by atoms with E-state index in [2.05, 4.69) is 46.2 Å². The average molecular weight is 433 g/mol. The van der Waals surface area contributed by atoms with Gasteiger partial charge in [-0.1, -0.05) is 36.4 Å². The molecule has 5 heteroatoms. The summed E-state index contributed by atoms with van der Waals surface area (Å²) in [4.78, 5) is 4.66. The molecule has 1 fully saturated rings. The monoisotopic (exact) mass is 432 g/mol. The van der Waals surface area contributed by atoms with E-state index in [-0.39, 0.29) is 18.6 Å². The number of phenolic OH excluding ortho intramolecular Hbond substituents is 1. The Bertz CT molecular complexity index is 1040. The zero-order valence-electron chi connectivity index (χ0n) is 18.2. The molecular formula is C27H29FN2O2. The van der Waals surface area contributed by atoms with Crippen LogP contribution in [0.4, 0.5) is 10.1 Å². The molecule has 4 nitrogen and oxygen atoms in total. The van der Waals surface area contributed by atoms with Crippen LogP contribution in [0.1, 0.15) is 22.7 Å². The number of aromatic hydroxyl groups is 1. The Morgan fingerprint density at radius 3 is 2.50 bits per heavy atom. The lowest BCUT2D eigenvalue weighted by Crippen LogP contribution is -2.49. The van der Waals surface area contributed by atoms with Gasteiger partial charge in [0.2, 0.25) is 0 Å². The molecule has 0 aromatic heterocycles. The van der Waals surface area contributed by atoms with Crippen molar-refractivity contribution in [1.29, 1.82) is 0 Å². The van der Waals surface area contributed by atoms with E-state index < -0.39 is 0 Å². The fourth-order valence-corrected chi connectivity index (χ4v) is 4.87. The number of likely N-dealkylation sites (tertiary alicyclic amines) is 1. The fourth-order valence-electron chi connectivity index (χ4n) is 4.87. The van der Waals surface area contributed by atoms with Gasteiger partial charge in [-0.05, 0) is 59.5 Å². The van der Waals surface area contributed by atoms with Crippen molar-refractivity contribution >= 4 is 5.69 Å². The summed E-state index contributed by atoms with van der Waals surface area (Å²) in [6.45, 7) is 3.79. The summed E-state index contributed by atoms with van der Waals surface area (Å²) in [7, 11) is 0. The molecule has 1 saturated heterocycles. The quantitative estimate of drug-likeness (QED) is 0.581. The van der Waals surface area contributed by atoms with Crippen molar-refractivity contribution in [3.05, 3.63) is 89.5 Å². The SMILES string of the molecule is Oc1ccc2c(c1)CCN(c1ccccc1)C2c1ccc(OCCN2CC(CF)C2)cc1. The third-order valence-electron chi connectivity index (χ3n) is 6.57. The number of anilines is 1. The summed E-state index contributed by atoms with van der Waals surface area (Å²) in [5.74, 6) is 1.38. The fraction of sp³-hybridized carbons (Fsp3) is 0.333. The van der Waals surface area contributed by atoms with Crippen LogP contribution in [-0.2, 0) is 6.42 Å². The van der Waals surface area contributed by atoms with Crippen molar-refractivity contribution in [2.24, 2.45) is 5.92 Å². The maximum Gasteiger partial charge on any atom is 0.119 e. The average Bonchev–Trinajstić information content (AvgIpc) is 2.80. The van der Waals surface area contributed by atoms with Crippen LogP contribution in [0, 0.1) is 5.92 Å². The van der Waals surface area contributed by atoms with Crippen molar-refractivity contribution in [3.8, 4) is 11.5 Å². The summed E-state index contributed by atoms with van der Waals surface area (Å²) in [5, 5.41) is 9.98. The molecule has 0 aliphatic carbocycles. The third-order valence-corrected chi connectivity index (χ3v) is 6.57. The minimum Gasteiger partial charge on any atom is -0.508 e. The first-order valence-electron chi connectivity index (χ1n) is 11.4. The molecular weight excluding hydrogens is 403 g/mol. The van der Waals surface area contributed by atoms with E-state index in [9.17, 15) is 9.50 Å². The second-order valence-corrected chi connectivity index (χ2v) is 8.76. The molecule has 2 heterocycles. The molecule has 0 radical (unpaired) electrons. The van der Waals surface area contributed by atoms with Crippen molar-refractivity contribution in [1.82, 2.24) is 4.90 Å². The minimum atomic E-state index is -0.220. The predicted octanol–water partition coefficient (Wildman–Crippen LogP) is 4.82. The first-order valence-corrected chi connectivity index (χ1v) is 11.4. The van der Waals surface area contributed by atoms with Gasteiger partial charge >= 0.3 is 0 Å². The van der Waals surface area contributed by atoms with E-state index in [0.29, 0.717) is 12.4 Å². The highest BCUT2D eigenvalue weighted by molar-refractivity contribution is 5.57. The van der Waals surface area contributed by atoms with Gasteiger partial charge in [-0.25, -0.2) is 0 Å². The lowest BCUT2D eigenvalue weighted by atomic mass is 9.87. The largest absolute Gasteiger partial charge is 0.508 e. The van der Waals surface area contributed by atoms with E-state index in [0.717, 1.165) is 38.3 Å². The molecule has 0 bridgehead atoms. The van der Waals surface area contributed by atoms with Gasteiger partial charge in [-0.3, -0.25) is 9.29 Å². The van der Waals surface area contributed by atoms with Gasteiger partial charge in [0.05, 0.1) is 12.7 Å². The molecule has 1 atom stereocenters. The summed E-state index contributed by atoms with van der Waals surface area (Å²) >= 11 is 0. The molecule has 1 unspecified atom stereocenters. The number of ether oxygens (including phenoxy) is 1. The van der Waals surface area contributed by atoms with Gasteiger partial charge in [0, 0.05) is 37.8 Å². The zero-order valence-corrected chi connectivity index (χ0v) is 18.2. The summed E-state index contributed by atoms with van der Waals surface area (Å²) in [6, 6.07) is 24.6. The van der Waals surface area contributed by atoms with E-state index in [1.165, 1.54) is 22.4 Å². The number of benzene rings is 3. The van der Waals surface area contributed by atoms with Crippen LogP contribution in [0.2, 0.25) is 0 Å². The molecule has 0 saturated carbocycles. The number of phenols is 1. The Balaban J connectivity index is 1.33. The van der Waals surface area contributed by atoms with Crippen LogP contribution in [0.5, 0.6) is 11.5 Å². The summed E-state index contributed by atoms with van der Waals surface area (Å²) < 4.78 is 18.5. The number of fused-ring (bicyclic) bond motifs is 1. The summed E-state index contributed by atoms with van der Waals surface area (Å²) in [6.07, 6.45) is 0.899. The Hall–Kier alpha value is -3.05. The lowest BCUT2D eigenvalue weighted by molar-refractivity contribution is 0.0668. The highest BCUT2D eigenvalue weighted by Crippen LogP contribution is 2.39. The number of nitrogens with zero attached hydrogens (tertiary/aromatic N) is 2. The van der Waals surface area contributed by atoms with Gasteiger partial charge in [0.25, 0.3) is 0 Å². The minimum absolute atomic E-state index is 0.0783. The Morgan fingerprint density at radius 1 is 0.969 bits per heavy atom. The normalized spacial score (nSPS) is 18.8. The van der Waals surface area contributed by atoms with Gasteiger partial charge in [-0.2, -0.15) is 0 Å². The van der Waals surface area contributed by atoms with Crippen molar-refractivity contribution in [3.63, 3.8) is 0 Å². The van der Waals surface area contributed by atoms with Crippen molar-refractivity contribution in [2.75, 3.05) is 44.4 Å². The third kappa shape index (κ3) is 4.30. The molecule has 166 valence electrons. The molecule has 3 aromatic rings. The second kappa shape index (κ2) is 9.21. The maximum absolute atomic E-state index is 12.6. The molecule has 0 amide bonds. The van der Waals surface area contributed by atoms with Crippen LogP contribution < -0.4 is 9.64 Å². The smallest absolute Gasteiger partial charge is 0.119 e. The maximum atomic E-state index is 12.6. The molecule has 5 rings (SSSR count). The van der Waals surface area contributed by atoms with Gasteiger partial charge in [0.15, 0.2) is 0 Å². The van der Waals surface area contributed by atoms with Crippen LogP contribution in [0.15, 0.2) is 72.8 Å². The van der Waals surface area contributed by atoms with Gasteiger partial charge < -0.3 is 14.7 Å². The van der Waals surface area contributed by atoms with Crippen LogP contribution in [0.25, 0.3) is 0 Å². The first-order chi connectivity index (χ1) is 15.7. The van der Waals surface area contributed by atoms with E-state index in [1.807, 2.05) is 30.3 Å². The number of hydrogen-bond donors (Lipinski definition) is 1. The number of para-hydroxylation sites is 1. The zero-order chi connectivity index (χ0) is 21.9. The Labute approximate surface area is 188 Å². The van der Waals surface area contributed by atoms with E-state index in [4.69, 9.17) is 4.74 Å².